The van der Waals surface area contributed by atoms with Gasteiger partial charge in [-0.1, -0.05) is 0 Å². The number of carboxylic acid groups (broad SMARTS) is 1. The van der Waals surface area contributed by atoms with Crippen LogP contribution in [0.4, 0.5) is 0 Å². The lowest BCUT2D eigenvalue weighted by molar-refractivity contribution is -0.148. The summed E-state index contributed by atoms with van der Waals surface area (Å²) in [4.78, 5) is 20.9. The number of Topliss-reactive ketones (excluding diaryl/α,β-unsaturated/α-hetero) is 1. The molecule has 6 heteroatoms. The van der Waals surface area contributed by atoms with Crippen LogP contribution in [0.25, 0.3) is 0 Å². The molecular formula is C7H4Br2O4. The zero-order valence-electron chi connectivity index (χ0n) is 6.21. The van der Waals surface area contributed by atoms with Crippen molar-refractivity contribution >= 4 is 43.6 Å². The van der Waals surface area contributed by atoms with Crippen molar-refractivity contribution in [2.24, 2.45) is 0 Å². The second-order valence-electron chi connectivity index (χ2n) is 2.24. The molecule has 0 aliphatic heterocycles. The number of carboxylic acids is 1. The second kappa shape index (κ2) is 4.06. The van der Waals surface area contributed by atoms with Crippen LogP contribution >= 0.6 is 31.9 Å². The number of hydrogen-bond donors (Lipinski definition) is 1. The highest BCUT2D eigenvalue weighted by Crippen LogP contribution is 2.26. The third-order valence-corrected chi connectivity index (χ3v) is 2.98. The van der Waals surface area contributed by atoms with Gasteiger partial charge in [0.2, 0.25) is 5.78 Å². The first-order valence-corrected chi connectivity index (χ1v) is 4.79. The van der Waals surface area contributed by atoms with Crippen molar-refractivity contribution in [1.82, 2.24) is 0 Å². The van der Waals surface area contributed by atoms with Crippen LogP contribution in [0.15, 0.2) is 19.6 Å². The minimum atomic E-state index is -1.45. The average molecular weight is 312 g/mol. The molecule has 0 unspecified atom stereocenters. The summed E-state index contributed by atoms with van der Waals surface area (Å²) in [5.74, 6) is -2.04. The van der Waals surface area contributed by atoms with Gasteiger partial charge in [0.05, 0.1) is 10.9 Å². The number of halogens is 2. The fourth-order valence-corrected chi connectivity index (χ4v) is 1.37. The fourth-order valence-electron chi connectivity index (χ4n) is 0.712. The third kappa shape index (κ3) is 2.67. The van der Waals surface area contributed by atoms with E-state index in [9.17, 15) is 9.59 Å². The van der Waals surface area contributed by atoms with Gasteiger partial charge < -0.3 is 9.52 Å². The summed E-state index contributed by atoms with van der Waals surface area (Å²) in [6, 6.07) is 1.55. The standard InChI is InChI=1S/C7H4Br2O4/c8-4-1-3(13-6(4)9)2-5(10)7(11)12/h1H,2H2,(H,11,12). The summed E-state index contributed by atoms with van der Waals surface area (Å²) in [6.07, 6.45) is -0.237. The van der Waals surface area contributed by atoms with E-state index in [0.717, 1.165) is 0 Å². The van der Waals surface area contributed by atoms with Gasteiger partial charge >= 0.3 is 5.97 Å². The molecule has 0 saturated carbocycles. The minimum Gasteiger partial charge on any atom is -0.475 e. The van der Waals surface area contributed by atoms with E-state index in [-0.39, 0.29) is 6.42 Å². The molecule has 13 heavy (non-hydrogen) atoms. The van der Waals surface area contributed by atoms with E-state index in [1.165, 1.54) is 0 Å². The van der Waals surface area contributed by atoms with E-state index in [1.54, 1.807) is 6.07 Å². The topological polar surface area (TPSA) is 67.5 Å². The monoisotopic (exact) mass is 310 g/mol. The summed E-state index contributed by atoms with van der Waals surface area (Å²) in [7, 11) is 0. The van der Waals surface area contributed by atoms with Crippen LogP contribution in [0.2, 0.25) is 0 Å². The largest absolute Gasteiger partial charge is 0.475 e. The van der Waals surface area contributed by atoms with Gasteiger partial charge in [-0.2, -0.15) is 0 Å². The fraction of sp³-hybridized carbons (Fsp3) is 0.143. The van der Waals surface area contributed by atoms with Gasteiger partial charge in [-0.25, -0.2) is 4.79 Å². The SMILES string of the molecule is O=C(O)C(=O)Cc1cc(Br)c(Br)o1. The zero-order chi connectivity index (χ0) is 10.0. The van der Waals surface area contributed by atoms with Crippen molar-refractivity contribution in [2.45, 2.75) is 6.42 Å². The Morgan fingerprint density at radius 2 is 2.08 bits per heavy atom. The molecule has 1 aromatic rings. The van der Waals surface area contributed by atoms with Crippen molar-refractivity contribution in [1.29, 1.82) is 0 Å². The van der Waals surface area contributed by atoms with Gasteiger partial charge in [0.1, 0.15) is 5.76 Å². The van der Waals surface area contributed by atoms with E-state index in [1.807, 2.05) is 0 Å². The van der Waals surface area contributed by atoms with Gasteiger partial charge in [0.15, 0.2) is 4.67 Å². The summed E-state index contributed by atoms with van der Waals surface area (Å²) in [6.45, 7) is 0. The van der Waals surface area contributed by atoms with Crippen molar-refractivity contribution in [2.75, 3.05) is 0 Å². The van der Waals surface area contributed by atoms with Crippen molar-refractivity contribution < 1.29 is 19.1 Å². The molecule has 0 radical (unpaired) electrons. The zero-order valence-corrected chi connectivity index (χ0v) is 9.38. The number of carbonyl (C=O) groups excluding carboxylic acids is 1. The average Bonchev–Trinajstić information content (AvgIpc) is 2.31. The van der Waals surface area contributed by atoms with E-state index >= 15 is 0 Å². The molecule has 0 atom stereocenters. The Morgan fingerprint density at radius 3 is 2.46 bits per heavy atom. The molecule has 1 heterocycles. The van der Waals surface area contributed by atoms with Crippen LogP contribution < -0.4 is 0 Å². The lowest BCUT2D eigenvalue weighted by atomic mass is 10.2. The Morgan fingerprint density at radius 1 is 1.46 bits per heavy atom. The molecule has 0 amide bonds. The Kier molecular flexibility index (Phi) is 3.27. The Labute approximate surface area is 90.2 Å². The Hall–Kier alpha value is -0.620. The summed E-state index contributed by atoms with van der Waals surface area (Å²) in [5.41, 5.74) is 0. The summed E-state index contributed by atoms with van der Waals surface area (Å²) >= 11 is 6.21. The highest BCUT2D eigenvalue weighted by atomic mass is 79.9. The molecule has 0 aliphatic carbocycles. The molecule has 4 nitrogen and oxygen atoms in total. The molecule has 0 fully saturated rings. The molecule has 1 rings (SSSR count). The van der Waals surface area contributed by atoms with Gasteiger partial charge in [-0.05, 0) is 37.9 Å². The molecule has 70 valence electrons. The molecule has 0 saturated heterocycles. The lowest BCUT2D eigenvalue weighted by Gasteiger charge is -1.89. The smallest absolute Gasteiger partial charge is 0.372 e. The first-order valence-electron chi connectivity index (χ1n) is 3.20. The van der Waals surface area contributed by atoms with Gasteiger partial charge in [0.25, 0.3) is 0 Å². The van der Waals surface area contributed by atoms with Crippen LogP contribution in [-0.4, -0.2) is 16.9 Å². The van der Waals surface area contributed by atoms with Crippen molar-refractivity contribution in [3.8, 4) is 0 Å². The van der Waals surface area contributed by atoms with Crippen molar-refractivity contribution in [3.63, 3.8) is 0 Å². The van der Waals surface area contributed by atoms with Crippen LogP contribution in [0.1, 0.15) is 5.76 Å². The molecule has 1 aromatic heterocycles. The Balaban J connectivity index is 2.75. The van der Waals surface area contributed by atoms with E-state index in [4.69, 9.17) is 9.52 Å². The number of aliphatic carboxylic acids is 1. The minimum absolute atomic E-state index is 0.237. The maximum absolute atomic E-state index is 10.7. The number of hydrogen-bond acceptors (Lipinski definition) is 3. The Bertz CT molecular complexity index is 336. The van der Waals surface area contributed by atoms with Gasteiger partial charge in [-0.3, -0.25) is 4.79 Å². The number of rotatable bonds is 3. The summed E-state index contributed by atoms with van der Waals surface area (Å²) in [5, 5.41) is 8.30. The first-order chi connectivity index (χ1) is 6.00. The highest BCUT2D eigenvalue weighted by Gasteiger charge is 2.15. The number of carbonyl (C=O) groups is 2. The van der Waals surface area contributed by atoms with E-state index in [2.05, 4.69) is 31.9 Å². The summed E-state index contributed by atoms with van der Waals surface area (Å²) < 4.78 is 6.12. The third-order valence-electron chi connectivity index (χ3n) is 1.27. The molecule has 1 N–H and O–H groups in total. The highest BCUT2D eigenvalue weighted by molar-refractivity contribution is 9.13. The maximum atomic E-state index is 10.7. The normalized spacial score (nSPS) is 10.0. The quantitative estimate of drug-likeness (QED) is 0.867. The number of ketones is 1. The molecule has 0 aliphatic rings. The van der Waals surface area contributed by atoms with Crippen LogP contribution in [0.3, 0.4) is 0 Å². The first kappa shape index (κ1) is 10.5. The van der Waals surface area contributed by atoms with Crippen LogP contribution in [0.5, 0.6) is 0 Å². The van der Waals surface area contributed by atoms with Crippen LogP contribution in [0, 0.1) is 0 Å². The molecule has 0 spiro atoms. The predicted molar refractivity (Wildman–Crippen MR) is 50.5 cm³/mol. The molecular weight excluding hydrogens is 308 g/mol. The molecule has 0 aromatic carbocycles. The second-order valence-corrected chi connectivity index (χ2v) is 3.81. The van der Waals surface area contributed by atoms with Gasteiger partial charge in [0, 0.05) is 0 Å². The van der Waals surface area contributed by atoms with Crippen LogP contribution in [-0.2, 0) is 16.0 Å². The molecule has 0 bridgehead atoms. The van der Waals surface area contributed by atoms with Gasteiger partial charge in [-0.15, -0.1) is 0 Å². The van der Waals surface area contributed by atoms with E-state index < -0.39 is 11.8 Å². The van der Waals surface area contributed by atoms with E-state index in [0.29, 0.717) is 14.9 Å². The maximum Gasteiger partial charge on any atom is 0.372 e. The van der Waals surface area contributed by atoms with Crippen molar-refractivity contribution in [3.05, 3.63) is 21.0 Å². The number of furan rings is 1. The predicted octanol–water partition coefficient (Wildman–Crippen LogP) is 2.00. The lowest BCUT2D eigenvalue weighted by Crippen LogP contribution is -2.14.